The van der Waals surface area contributed by atoms with Crippen molar-refractivity contribution in [1.82, 2.24) is 0 Å². The second-order valence-corrected chi connectivity index (χ2v) is 17.3. The summed E-state index contributed by atoms with van der Waals surface area (Å²) in [5.41, 5.74) is 0. The Kier molecular flexibility index (Phi) is 33.3. The number of aliphatic hydroxyl groups is 5. The second-order valence-electron chi connectivity index (χ2n) is 15.9. The first-order valence-electron chi connectivity index (χ1n) is 22.8. The molecule has 14 heteroatoms. The number of ether oxygens (including phenoxy) is 2. The van der Waals surface area contributed by atoms with Gasteiger partial charge in [-0.15, -0.1) is 0 Å². The summed E-state index contributed by atoms with van der Waals surface area (Å²) in [7, 11) is -5.12. The van der Waals surface area contributed by atoms with Crippen molar-refractivity contribution < 1.29 is 63.1 Å². The van der Waals surface area contributed by atoms with Gasteiger partial charge in [0.05, 0.1) is 6.61 Å². The van der Waals surface area contributed by atoms with Crippen molar-refractivity contribution in [3.8, 4) is 0 Å². The van der Waals surface area contributed by atoms with E-state index in [1.165, 1.54) is 83.5 Å². The molecule has 1 fully saturated rings. The van der Waals surface area contributed by atoms with Crippen LogP contribution in [-0.4, -0.2) is 98.3 Å². The number of rotatable bonds is 37. The number of allylic oxidation sites excluding steroid dienone is 6. The van der Waals surface area contributed by atoms with Crippen molar-refractivity contribution in [2.75, 3.05) is 13.2 Å². The van der Waals surface area contributed by atoms with Crippen LogP contribution in [0.3, 0.4) is 0 Å². The molecule has 0 bridgehead atoms. The van der Waals surface area contributed by atoms with Crippen LogP contribution < -0.4 is 0 Å². The molecule has 6 unspecified atom stereocenters. The third-order valence-corrected chi connectivity index (χ3v) is 11.4. The molecule has 0 aromatic heterocycles. The monoisotopic (exact) mass is 861 g/mol. The zero-order chi connectivity index (χ0) is 43.6. The molecule has 0 spiro atoms. The number of phosphoric ester groups is 1. The number of aliphatic hydroxyl groups excluding tert-OH is 5. The van der Waals surface area contributed by atoms with E-state index in [1.54, 1.807) is 0 Å². The first-order valence-corrected chi connectivity index (χ1v) is 24.3. The van der Waals surface area contributed by atoms with Crippen LogP contribution in [0, 0.1) is 0 Å². The molecular weight excluding hydrogens is 779 g/mol. The largest absolute Gasteiger partial charge is 0.472 e. The van der Waals surface area contributed by atoms with Gasteiger partial charge < -0.3 is 39.9 Å². The minimum Gasteiger partial charge on any atom is -0.462 e. The summed E-state index contributed by atoms with van der Waals surface area (Å²) in [5, 5.41) is 50.1. The van der Waals surface area contributed by atoms with Crippen molar-refractivity contribution in [3.63, 3.8) is 0 Å². The lowest BCUT2D eigenvalue weighted by Gasteiger charge is -2.41. The zero-order valence-corrected chi connectivity index (χ0v) is 37.2. The van der Waals surface area contributed by atoms with Crippen molar-refractivity contribution in [3.05, 3.63) is 36.5 Å². The zero-order valence-electron chi connectivity index (χ0n) is 36.3. The molecule has 59 heavy (non-hydrogen) atoms. The molecule has 13 nitrogen and oxygen atoms in total. The molecule has 0 saturated heterocycles. The van der Waals surface area contributed by atoms with Crippen LogP contribution in [0.2, 0.25) is 0 Å². The van der Waals surface area contributed by atoms with E-state index >= 15 is 0 Å². The van der Waals surface area contributed by atoms with Gasteiger partial charge in [-0.05, 0) is 64.2 Å². The third-order valence-electron chi connectivity index (χ3n) is 10.5. The number of carbonyl (C=O) groups excluding carboxylic acids is 2. The average Bonchev–Trinajstić information content (AvgIpc) is 3.21. The van der Waals surface area contributed by atoms with E-state index in [4.69, 9.17) is 18.5 Å². The number of hydrogen-bond donors (Lipinski definition) is 6. The van der Waals surface area contributed by atoms with Crippen LogP contribution in [0.15, 0.2) is 36.5 Å². The van der Waals surface area contributed by atoms with Gasteiger partial charge in [-0.2, -0.15) is 0 Å². The number of phosphoric acid groups is 1. The lowest BCUT2D eigenvalue weighted by atomic mass is 9.85. The molecule has 8 atom stereocenters. The predicted octanol–water partition coefficient (Wildman–Crippen LogP) is 8.61. The fraction of sp³-hybridized carbons (Fsp3) is 0.822. The Hall–Kier alpha value is -1.93. The average molecular weight is 861 g/mol. The molecule has 0 aromatic carbocycles. The lowest BCUT2D eigenvalue weighted by molar-refractivity contribution is -0.220. The quantitative estimate of drug-likeness (QED) is 0.0150. The summed E-state index contributed by atoms with van der Waals surface area (Å²) in [4.78, 5) is 35.6. The van der Waals surface area contributed by atoms with E-state index in [2.05, 4.69) is 50.3 Å². The van der Waals surface area contributed by atoms with Gasteiger partial charge in [-0.1, -0.05) is 140 Å². The molecule has 344 valence electrons. The molecule has 0 aliphatic heterocycles. The summed E-state index contributed by atoms with van der Waals surface area (Å²) in [6.07, 6.45) is 26.3. The molecule has 1 aliphatic rings. The molecule has 1 rings (SSSR count). The minimum atomic E-state index is -5.12. The molecule has 0 radical (unpaired) electrons. The topological polar surface area (TPSA) is 210 Å². The van der Waals surface area contributed by atoms with Crippen LogP contribution in [0.1, 0.15) is 181 Å². The fourth-order valence-electron chi connectivity index (χ4n) is 6.71. The van der Waals surface area contributed by atoms with Gasteiger partial charge in [0.15, 0.2) is 6.10 Å². The Morgan fingerprint density at radius 3 is 1.47 bits per heavy atom. The Morgan fingerprint density at radius 2 is 0.932 bits per heavy atom. The maximum Gasteiger partial charge on any atom is 0.472 e. The van der Waals surface area contributed by atoms with Gasteiger partial charge in [0.25, 0.3) is 0 Å². The third kappa shape index (κ3) is 28.3. The van der Waals surface area contributed by atoms with Crippen LogP contribution in [0.25, 0.3) is 0 Å². The molecule has 0 amide bonds. The van der Waals surface area contributed by atoms with Gasteiger partial charge in [0, 0.05) is 12.8 Å². The predicted molar refractivity (Wildman–Crippen MR) is 230 cm³/mol. The van der Waals surface area contributed by atoms with Crippen molar-refractivity contribution in [1.29, 1.82) is 0 Å². The minimum absolute atomic E-state index is 0.0878. The molecule has 1 saturated carbocycles. The molecule has 6 N–H and O–H groups in total. The summed E-state index contributed by atoms with van der Waals surface area (Å²) in [5.74, 6) is -1.14. The Labute approximate surface area is 355 Å². The standard InChI is InChI=1S/C45H81O13P/c1-3-5-7-9-11-13-15-17-19-21-23-25-27-29-31-33-38(46)55-35-37(36-56-59(53,54)58-45-43(51)41(49)40(48)42(50)44(45)52)57-39(47)34-32-30-28-26-24-22-20-18-16-14-12-10-8-6-4-2/h10,12,17,19,23,25,37,40-45,48-52H,3-9,11,13-16,18,20-22,24,26-36H2,1-2H3,(H,53,54)/b12-10+,19-17+,25-23+/t37-,40?,41-,42?,43?,44?,45?/m1/s1. The molecule has 0 heterocycles. The summed E-state index contributed by atoms with van der Waals surface area (Å²) in [6.45, 7) is 3.23. The summed E-state index contributed by atoms with van der Waals surface area (Å²) < 4.78 is 33.5. The van der Waals surface area contributed by atoms with Crippen molar-refractivity contribution >= 4 is 19.8 Å². The summed E-state index contributed by atoms with van der Waals surface area (Å²) in [6, 6.07) is 0. The van der Waals surface area contributed by atoms with Gasteiger partial charge >= 0.3 is 19.8 Å². The normalized spacial score (nSPS) is 22.6. The smallest absolute Gasteiger partial charge is 0.462 e. The summed E-state index contributed by atoms with van der Waals surface area (Å²) >= 11 is 0. The Bertz CT molecular complexity index is 1180. The highest BCUT2D eigenvalue weighted by Crippen LogP contribution is 2.47. The van der Waals surface area contributed by atoms with E-state index in [0.717, 1.165) is 57.8 Å². The highest BCUT2D eigenvalue weighted by molar-refractivity contribution is 7.47. The maximum absolute atomic E-state index is 12.8. The fourth-order valence-corrected chi connectivity index (χ4v) is 7.68. The van der Waals surface area contributed by atoms with E-state index in [9.17, 15) is 44.6 Å². The van der Waals surface area contributed by atoms with E-state index in [-0.39, 0.29) is 12.8 Å². The Morgan fingerprint density at radius 1 is 0.525 bits per heavy atom. The van der Waals surface area contributed by atoms with Gasteiger partial charge in [0.2, 0.25) is 0 Å². The van der Waals surface area contributed by atoms with Gasteiger partial charge in [-0.3, -0.25) is 18.6 Å². The highest BCUT2D eigenvalue weighted by atomic mass is 31.2. The van der Waals surface area contributed by atoms with Crippen molar-refractivity contribution in [2.24, 2.45) is 0 Å². The second kappa shape index (κ2) is 35.6. The maximum atomic E-state index is 12.8. The van der Waals surface area contributed by atoms with E-state index in [0.29, 0.717) is 12.8 Å². The van der Waals surface area contributed by atoms with Crippen LogP contribution in [0.4, 0.5) is 0 Å². The Balaban J connectivity index is 2.49. The van der Waals surface area contributed by atoms with Gasteiger partial charge in [-0.25, -0.2) is 4.57 Å². The SMILES string of the molecule is CCCC/C=C/CCCCCCCCCCCC(=O)O[C@H](COC(=O)CCCC/C=C/C/C=C/CCCCCCCC)COP(=O)(O)OC1C(O)C(O)C(O)[C@@H](O)C1O. The first kappa shape index (κ1) is 55.1. The number of unbranched alkanes of at least 4 members (excludes halogenated alkanes) is 19. The van der Waals surface area contributed by atoms with Crippen molar-refractivity contribution in [2.45, 2.75) is 224 Å². The van der Waals surface area contributed by atoms with Gasteiger partial charge in [0.1, 0.15) is 43.2 Å². The molecule has 0 aromatic rings. The highest BCUT2D eigenvalue weighted by Gasteiger charge is 2.51. The first-order chi connectivity index (χ1) is 28.4. The van der Waals surface area contributed by atoms with Crippen LogP contribution >= 0.6 is 7.82 Å². The molecule has 1 aliphatic carbocycles. The van der Waals surface area contributed by atoms with Crippen LogP contribution in [-0.2, 0) is 32.7 Å². The molecular formula is C45H81O13P. The van der Waals surface area contributed by atoms with E-state index < -0.39 is 75.7 Å². The van der Waals surface area contributed by atoms with Crippen LogP contribution in [0.5, 0.6) is 0 Å². The lowest BCUT2D eigenvalue weighted by Crippen LogP contribution is -2.64. The number of hydrogen-bond acceptors (Lipinski definition) is 12. The van der Waals surface area contributed by atoms with E-state index in [1.807, 2.05) is 0 Å². The number of esters is 2. The number of carbonyl (C=O) groups is 2.